The number of rotatable bonds is 3. The second kappa shape index (κ2) is 5.71. The van der Waals surface area contributed by atoms with Gasteiger partial charge in [-0.3, -0.25) is 4.79 Å². The quantitative estimate of drug-likeness (QED) is 0.343. The third-order valence-electron chi connectivity index (χ3n) is 3.15. The fourth-order valence-corrected chi connectivity index (χ4v) is 3.71. The summed E-state index contributed by atoms with van der Waals surface area (Å²) in [5.41, 5.74) is 5.63. The van der Waals surface area contributed by atoms with Gasteiger partial charge in [-0.1, -0.05) is 11.6 Å². The van der Waals surface area contributed by atoms with E-state index in [9.17, 15) is 4.79 Å². The van der Waals surface area contributed by atoms with Gasteiger partial charge >= 0.3 is 0 Å². The van der Waals surface area contributed by atoms with Crippen molar-refractivity contribution in [3.8, 4) is 0 Å². The Hall–Kier alpha value is -1.08. The summed E-state index contributed by atoms with van der Waals surface area (Å²) in [6.45, 7) is 0. The smallest absolute Gasteiger partial charge is 0.262 e. The number of hydrogen-bond donors (Lipinski definition) is 3. The first-order valence-electron chi connectivity index (χ1n) is 5.64. The number of nitrogens with zero attached hydrogens (tertiary/aromatic N) is 1. The zero-order valence-corrected chi connectivity index (χ0v) is 12.0. The molecule has 1 saturated carbocycles. The summed E-state index contributed by atoms with van der Waals surface area (Å²) < 4.78 is 0.795. The third kappa shape index (κ3) is 2.67. The van der Waals surface area contributed by atoms with Crippen LogP contribution in [-0.4, -0.2) is 23.0 Å². The second-order valence-corrected chi connectivity index (χ2v) is 6.01. The van der Waals surface area contributed by atoms with Gasteiger partial charge in [0.15, 0.2) is 0 Å². The minimum atomic E-state index is -0.112. The lowest BCUT2D eigenvalue weighted by Gasteiger charge is -2.19. The van der Waals surface area contributed by atoms with Crippen LogP contribution in [0.3, 0.4) is 0 Å². The molecule has 1 aliphatic carbocycles. The molecule has 1 amide bonds. The molecule has 2 rings (SSSR count). The molecule has 0 aliphatic heterocycles. The minimum Gasteiger partial charge on any atom is -0.409 e. The Balaban J connectivity index is 2.05. The molecule has 0 aromatic carbocycles. The molecule has 4 N–H and O–H groups in total. The van der Waals surface area contributed by atoms with Crippen molar-refractivity contribution in [3.05, 3.63) is 20.8 Å². The summed E-state index contributed by atoms with van der Waals surface area (Å²) in [6, 6.07) is 1.79. The van der Waals surface area contributed by atoms with Gasteiger partial charge in [0, 0.05) is 16.4 Å². The van der Waals surface area contributed by atoms with E-state index in [1.165, 1.54) is 11.3 Å². The van der Waals surface area contributed by atoms with Crippen LogP contribution >= 0.6 is 27.3 Å². The highest BCUT2D eigenvalue weighted by Gasteiger charge is 2.32. The van der Waals surface area contributed by atoms with Crippen LogP contribution in [-0.2, 0) is 0 Å². The van der Waals surface area contributed by atoms with Crippen molar-refractivity contribution in [1.82, 2.24) is 5.32 Å². The van der Waals surface area contributed by atoms with E-state index in [2.05, 4.69) is 26.4 Å². The summed E-state index contributed by atoms with van der Waals surface area (Å²) in [6.07, 6.45) is 2.67. The number of nitrogens with two attached hydrogens (primary N) is 1. The van der Waals surface area contributed by atoms with Crippen molar-refractivity contribution in [2.45, 2.75) is 25.3 Å². The zero-order valence-electron chi connectivity index (χ0n) is 9.60. The molecule has 0 saturated heterocycles. The van der Waals surface area contributed by atoms with Crippen LogP contribution in [0.25, 0.3) is 0 Å². The predicted molar refractivity (Wildman–Crippen MR) is 74.0 cm³/mol. The lowest BCUT2D eigenvalue weighted by atomic mass is 10.0. The van der Waals surface area contributed by atoms with Gasteiger partial charge in [-0.2, -0.15) is 0 Å². The van der Waals surface area contributed by atoms with Gasteiger partial charge in [-0.25, -0.2) is 0 Å². The maximum atomic E-state index is 12.1. The van der Waals surface area contributed by atoms with Gasteiger partial charge in [0.1, 0.15) is 10.7 Å². The summed E-state index contributed by atoms with van der Waals surface area (Å²) in [5.74, 6) is 0.0141. The molecule has 18 heavy (non-hydrogen) atoms. The van der Waals surface area contributed by atoms with Crippen LogP contribution in [0.4, 0.5) is 0 Å². The molecule has 98 valence electrons. The van der Waals surface area contributed by atoms with Crippen LogP contribution in [0.1, 0.15) is 28.9 Å². The van der Waals surface area contributed by atoms with Gasteiger partial charge < -0.3 is 16.3 Å². The lowest BCUT2D eigenvalue weighted by Crippen LogP contribution is -2.42. The largest absolute Gasteiger partial charge is 0.409 e. The molecule has 2 atom stereocenters. The number of hydrogen-bond acceptors (Lipinski definition) is 4. The summed E-state index contributed by atoms with van der Waals surface area (Å²) in [4.78, 5) is 12.7. The fraction of sp³-hybridized carbons (Fsp3) is 0.455. The van der Waals surface area contributed by atoms with Crippen LogP contribution in [0, 0.1) is 5.92 Å². The minimum absolute atomic E-state index is 0.0533. The highest BCUT2D eigenvalue weighted by molar-refractivity contribution is 9.10. The molecule has 0 spiro atoms. The summed E-state index contributed by atoms with van der Waals surface area (Å²) in [7, 11) is 0. The molecule has 1 aromatic heterocycles. The molecule has 5 nitrogen and oxygen atoms in total. The van der Waals surface area contributed by atoms with Gasteiger partial charge in [0.05, 0.1) is 0 Å². The van der Waals surface area contributed by atoms with E-state index >= 15 is 0 Å². The zero-order chi connectivity index (χ0) is 13.1. The molecular formula is C11H14BrN3O2S. The number of carbonyl (C=O) groups excluding carboxylic acids is 1. The van der Waals surface area contributed by atoms with E-state index in [-0.39, 0.29) is 23.7 Å². The maximum Gasteiger partial charge on any atom is 0.262 e. The summed E-state index contributed by atoms with van der Waals surface area (Å²) >= 11 is 4.72. The molecule has 1 aromatic rings. The Morgan fingerprint density at radius 1 is 1.61 bits per heavy atom. The van der Waals surface area contributed by atoms with Crippen LogP contribution in [0.2, 0.25) is 0 Å². The Morgan fingerprint density at radius 2 is 2.39 bits per heavy atom. The standard InChI is InChI=1S/C11H14BrN3O2S/c12-7-4-5-18-9(7)11(16)14-8-3-1-2-6(8)10(13)15-17/h4-6,8,17H,1-3H2,(H2,13,15)(H,14,16). The molecule has 1 aliphatic rings. The average molecular weight is 332 g/mol. The highest BCUT2D eigenvalue weighted by Crippen LogP contribution is 2.28. The molecule has 7 heteroatoms. The first-order chi connectivity index (χ1) is 8.63. The Kier molecular flexibility index (Phi) is 4.23. The van der Waals surface area contributed by atoms with E-state index in [0.717, 1.165) is 23.7 Å². The van der Waals surface area contributed by atoms with Crippen LogP contribution < -0.4 is 11.1 Å². The van der Waals surface area contributed by atoms with Crippen molar-refractivity contribution in [1.29, 1.82) is 0 Å². The Labute approximate surface area is 117 Å². The van der Waals surface area contributed by atoms with Crippen LogP contribution in [0.5, 0.6) is 0 Å². The van der Waals surface area contributed by atoms with Crippen LogP contribution in [0.15, 0.2) is 21.1 Å². The van der Waals surface area contributed by atoms with E-state index in [4.69, 9.17) is 10.9 Å². The van der Waals surface area contributed by atoms with Gasteiger partial charge in [0.2, 0.25) is 0 Å². The molecular weight excluding hydrogens is 318 g/mol. The molecule has 0 radical (unpaired) electrons. The van der Waals surface area contributed by atoms with E-state index in [1.54, 1.807) is 0 Å². The third-order valence-corrected chi connectivity index (χ3v) is 4.99. The maximum absolute atomic E-state index is 12.1. The number of amidine groups is 1. The van der Waals surface area contributed by atoms with E-state index in [1.807, 2.05) is 11.4 Å². The SMILES string of the molecule is N/C(=N\O)C1CCCC1NC(=O)c1sccc1Br. The predicted octanol–water partition coefficient (Wildman–Crippen LogP) is 2.16. The highest BCUT2D eigenvalue weighted by atomic mass is 79.9. The van der Waals surface area contributed by atoms with Gasteiger partial charge in [-0.05, 0) is 40.2 Å². The number of oxime groups is 1. The van der Waals surface area contributed by atoms with Crippen molar-refractivity contribution >= 4 is 39.0 Å². The van der Waals surface area contributed by atoms with Crippen molar-refractivity contribution in [2.75, 3.05) is 0 Å². The number of nitrogens with one attached hydrogen (secondary N) is 1. The van der Waals surface area contributed by atoms with Crippen molar-refractivity contribution in [2.24, 2.45) is 16.8 Å². The number of thiophene rings is 1. The average Bonchev–Trinajstić information content (AvgIpc) is 2.97. The normalized spacial score (nSPS) is 24.2. The second-order valence-electron chi connectivity index (χ2n) is 4.24. The first kappa shape index (κ1) is 13.4. The number of amides is 1. The van der Waals surface area contributed by atoms with E-state index < -0.39 is 0 Å². The monoisotopic (exact) mass is 331 g/mol. The number of halogens is 1. The van der Waals surface area contributed by atoms with Crippen molar-refractivity contribution in [3.63, 3.8) is 0 Å². The van der Waals surface area contributed by atoms with E-state index in [0.29, 0.717) is 4.88 Å². The fourth-order valence-electron chi connectivity index (χ4n) is 2.25. The Morgan fingerprint density at radius 3 is 3.00 bits per heavy atom. The molecule has 0 bridgehead atoms. The van der Waals surface area contributed by atoms with Gasteiger partial charge in [-0.15, -0.1) is 11.3 Å². The first-order valence-corrected chi connectivity index (χ1v) is 7.32. The number of carbonyl (C=O) groups is 1. The molecule has 1 heterocycles. The molecule has 1 fully saturated rings. The summed E-state index contributed by atoms with van der Waals surface area (Å²) in [5, 5.41) is 16.6. The van der Waals surface area contributed by atoms with Gasteiger partial charge in [0.25, 0.3) is 5.91 Å². The van der Waals surface area contributed by atoms with Crippen molar-refractivity contribution < 1.29 is 10.0 Å². The molecule has 2 unspecified atom stereocenters. The Bertz CT molecular complexity index is 475. The lowest BCUT2D eigenvalue weighted by molar-refractivity contribution is 0.0936. The topological polar surface area (TPSA) is 87.7 Å².